The quantitative estimate of drug-likeness (QED) is 0.140. The Hall–Kier alpha value is -4.64. The molecule has 0 unspecified atom stereocenters. The molecule has 8 nitrogen and oxygen atoms in total. The van der Waals surface area contributed by atoms with Crippen molar-refractivity contribution in [3.63, 3.8) is 0 Å². The number of amides is 1. The fourth-order valence-corrected chi connectivity index (χ4v) is 6.66. The zero-order valence-electron chi connectivity index (χ0n) is 27.3. The molecule has 0 bridgehead atoms. The third-order valence-electron chi connectivity index (χ3n) is 9.94. The molecular weight excluding hydrogens is 635 g/mol. The smallest absolute Gasteiger partial charge is 0.238 e. The SMILES string of the molecule is COc1cc2c(Oc3ccc(CC(=O)C4(C(=O)Nc5ccc(F)c(F)c5)CC4)cc3F)ccnc2cc1OCC1(NC2CCCCC2)CC1. The molecule has 7 rings (SSSR count). The maximum atomic E-state index is 15.4. The first-order chi connectivity index (χ1) is 23.7. The molecule has 2 N–H and O–H groups in total. The molecule has 11 heteroatoms. The number of pyridine rings is 1. The van der Waals surface area contributed by atoms with Crippen LogP contribution in [0.2, 0.25) is 0 Å². The van der Waals surface area contributed by atoms with E-state index < -0.39 is 28.8 Å². The Kier molecular flexibility index (Phi) is 8.96. The van der Waals surface area contributed by atoms with E-state index in [-0.39, 0.29) is 29.2 Å². The van der Waals surface area contributed by atoms with Crippen molar-refractivity contribution in [1.29, 1.82) is 0 Å². The van der Waals surface area contributed by atoms with Crippen LogP contribution in [-0.2, 0) is 16.0 Å². The van der Waals surface area contributed by atoms with Gasteiger partial charge in [-0.3, -0.25) is 14.6 Å². The number of halogens is 3. The maximum absolute atomic E-state index is 15.4. The van der Waals surface area contributed by atoms with Gasteiger partial charge in [0.05, 0.1) is 18.2 Å². The highest BCUT2D eigenvalue weighted by molar-refractivity contribution is 6.14. The summed E-state index contributed by atoms with van der Waals surface area (Å²) in [7, 11) is 1.57. The lowest BCUT2D eigenvalue weighted by molar-refractivity contribution is -0.132. The number of aromatic nitrogens is 1. The number of rotatable bonds is 13. The zero-order chi connectivity index (χ0) is 34.2. The number of Topliss-reactive ketones (excluding diaryl/α,β-unsaturated/α-hetero) is 1. The molecule has 1 aromatic heterocycles. The van der Waals surface area contributed by atoms with E-state index >= 15 is 4.39 Å². The summed E-state index contributed by atoms with van der Waals surface area (Å²) in [5.74, 6) is -2.42. The second-order valence-electron chi connectivity index (χ2n) is 13.5. The molecule has 49 heavy (non-hydrogen) atoms. The summed E-state index contributed by atoms with van der Waals surface area (Å²) in [5.41, 5.74) is -0.285. The minimum absolute atomic E-state index is 0.00891. The van der Waals surface area contributed by atoms with E-state index in [4.69, 9.17) is 14.2 Å². The Labute approximate surface area is 282 Å². The van der Waals surface area contributed by atoms with Crippen molar-refractivity contribution < 1.29 is 37.0 Å². The number of ether oxygens (including phenoxy) is 3. The van der Waals surface area contributed by atoms with E-state index in [0.717, 1.165) is 25.0 Å². The first kappa shape index (κ1) is 32.9. The number of benzene rings is 3. The largest absolute Gasteiger partial charge is 0.493 e. The van der Waals surface area contributed by atoms with Crippen LogP contribution in [0.25, 0.3) is 10.9 Å². The normalized spacial score (nSPS) is 17.7. The van der Waals surface area contributed by atoms with Crippen LogP contribution in [0.1, 0.15) is 63.4 Å². The lowest BCUT2D eigenvalue weighted by atomic mass is 9.94. The molecule has 0 aliphatic heterocycles. The summed E-state index contributed by atoms with van der Waals surface area (Å²) < 4.78 is 60.2. The van der Waals surface area contributed by atoms with Crippen molar-refractivity contribution in [2.24, 2.45) is 5.41 Å². The lowest BCUT2D eigenvalue weighted by Gasteiger charge is -2.28. The summed E-state index contributed by atoms with van der Waals surface area (Å²) in [6.07, 6.45) is 10.4. The van der Waals surface area contributed by atoms with Crippen LogP contribution >= 0.6 is 0 Å². The molecule has 0 spiro atoms. The number of anilines is 1. The van der Waals surface area contributed by atoms with Crippen LogP contribution in [0.4, 0.5) is 18.9 Å². The maximum Gasteiger partial charge on any atom is 0.238 e. The van der Waals surface area contributed by atoms with Gasteiger partial charge in [0.15, 0.2) is 40.5 Å². The molecule has 3 fully saturated rings. The molecule has 3 saturated carbocycles. The molecule has 3 aliphatic carbocycles. The average molecular weight is 674 g/mol. The second-order valence-corrected chi connectivity index (χ2v) is 13.5. The van der Waals surface area contributed by atoms with E-state index in [1.54, 1.807) is 37.6 Å². The second kappa shape index (κ2) is 13.3. The van der Waals surface area contributed by atoms with Gasteiger partial charge in [0.25, 0.3) is 0 Å². The van der Waals surface area contributed by atoms with E-state index in [1.165, 1.54) is 50.3 Å². The minimum atomic E-state index is -1.29. The monoisotopic (exact) mass is 673 g/mol. The Balaban J connectivity index is 1.01. The predicted octanol–water partition coefficient (Wildman–Crippen LogP) is 7.82. The van der Waals surface area contributed by atoms with Gasteiger partial charge in [-0.25, -0.2) is 13.2 Å². The molecule has 3 aromatic carbocycles. The van der Waals surface area contributed by atoms with Crippen molar-refractivity contribution in [2.45, 2.75) is 75.8 Å². The molecule has 3 aliphatic rings. The highest BCUT2D eigenvalue weighted by atomic mass is 19.2. The van der Waals surface area contributed by atoms with Crippen molar-refractivity contribution >= 4 is 28.3 Å². The summed E-state index contributed by atoms with van der Waals surface area (Å²) in [5, 5.41) is 6.94. The number of carbonyl (C=O) groups excluding carboxylic acids is 2. The molecule has 0 radical (unpaired) electrons. The third kappa shape index (κ3) is 7.08. The molecule has 1 heterocycles. The summed E-state index contributed by atoms with van der Waals surface area (Å²) in [6.45, 7) is 0.529. The van der Waals surface area contributed by atoms with E-state index in [1.807, 2.05) is 0 Å². The van der Waals surface area contributed by atoms with Crippen molar-refractivity contribution in [2.75, 3.05) is 19.0 Å². The number of nitrogens with zero attached hydrogens (tertiary/aromatic N) is 1. The van der Waals surface area contributed by atoms with Gasteiger partial charge in [-0.2, -0.15) is 0 Å². The van der Waals surface area contributed by atoms with Gasteiger partial charge in [-0.15, -0.1) is 0 Å². The summed E-state index contributed by atoms with van der Waals surface area (Å²) in [4.78, 5) is 30.6. The van der Waals surface area contributed by atoms with Crippen LogP contribution in [0.5, 0.6) is 23.0 Å². The van der Waals surface area contributed by atoms with Gasteiger partial charge in [0.2, 0.25) is 5.91 Å². The zero-order valence-corrected chi connectivity index (χ0v) is 27.3. The average Bonchev–Trinajstić information content (AvgIpc) is 4.04. The molecule has 256 valence electrons. The topological polar surface area (TPSA) is 98.8 Å². The van der Waals surface area contributed by atoms with E-state index in [0.29, 0.717) is 59.2 Å². The highest BCUT2D eigenvalue weighted by Crippen LogP contribution is 2.48. The van der Waals surface area contributed by atoms with Gasteiger partial charge >= 0.3 is 0 Å². The van der Waals surface area contributed by atoms with Crippen LogP contribution in [0.15, 0.2) is 60.8 Å². The first-order valence-electron chi connectivity index (χ1n) is 16.8. The summed E-state index contributed by atoms with van der Waals surface area (Å²) in [6, 6.07) is 13.0. The van der Waals surface area contributed by atoms with Crippen molar-refractivity contribution in [1.82, 2.24) is 10.3 Å². The third-order valence-corrected chi connectivity index (χ3v) is 9.94. The van der Waals surface area contributed by atoms with E-state index in [9.17, 15) is 18.4 Å². The Bertz CT molecular complexity index is 1900. The fourth-order valence-electron chi connectivity index (χ4n) is 6.66. The first-order valence-corrected chi connectivity index (χ1v) is 16.8. The van der Waals surface area contributed by atoms with E-state index in [2.05, 4.69) is 15.6 Å². The van der Waals surface area contributed by atoms with Gasteiger partial charge in [-0.1, -0.05) is 25.3 Å². The van der Waals surface area contributed by atoms with Crippen molar-refractivity contribution in [3.05, 3.63) is 83.8 Å². The molecule has 0 saturated heterocycles. The standard InChI is InChI=1S/C38H38F3N3O5/c1-47-33-20-26-30(21-34(33)48-22-37(12-13-37)44-24-5-3-2-4-6-24)42-16-11-31(26)49-32-10-7-23(17-29(32)41)18-35(45)38(14-15-38)36(46)43-25-8-9-27(39)28(40)19-25/h7-11,16-17,19-21,24,44H,2-6,12-15,18,22H2,1H3,(H,43,46). The Morgan fingerprint density at radius 1 is 0.837 bits per heavy atom. The number of hydrogen-bond acceptors (Lipinski definition) is 7. The number of fused-ring (bicyclic) bond motifs is 1. The molecular formula is C38H38F3N3O5. The van der Waals surface area contributed by atoms with Gasteiger partial charge < -0.3 is 24.8 Å². The molecule has 4 aromatic rings. The fraction of sp³-hybridized carbons (Fsp3) is 0.395. The summed E-state index contributed by atoms with van der Waals surface area (Å²) >= 11 is 0. The Morgan fingerprint density at radius 2 is 1.63 bits per heavy atom. The number of hydrogen-bond donors (Lipinski definition) is 2. The Morgan fingerprint density at radius 3 is 2.33 bits per heavy atom. The molecule has 0 atom stereocenters. The number of ketones is 1. The van der Waals surface area contributed by atoms with Gasteiger partial charge in [-0.05, 0) is 80.5 Å². The lowest BCUT2D eigenvalue weighted by Crippen LogP contribution is -2.44. The molecule has 1 amide bonds. The van der Waals surface area contributed by atoms with Gasteiger partial charge in [0.1, 0.15) is 17.8 Å². The van der Waals surface area contributed by atoms with Crippen LogP contribution in [-0.4, -0.2) is 42.0 Å². The van der Waals surface area contributed by atoms with Crippen LogP contribution < -0.4 is 24.8 Å². The predicted molar refractivity (Wildman–Crippen MR) is 178 cm³/mol. The number of nitrogens with one attached hydrogen (secondary N) is 2. The van der Waals surface area contributed by atoms with Gasteiger partial charge in [0, 0.05) is 41.9 Å². The highest BCUT2D eigenvalue weighted by Gasteiger charge is 2.55. The van der Waals surface area contributed by atoms with Crippen molar-refractivity contribution in [3.8, 4) is 23.0 Å². The van der Waals surface area contributed by atoms with Crippen LogP contribution in [0, 0.1) is 22.9 Å². The number of carbonyl (C=O) groups is 2. The number of methoxy groups -OCH3 is 1. The van der Waals surface area contributed by atoms with Crippen LogP contribution in [0.3, 0.4) is 0 Å². The minimum Gasteiger partial charge on any atom is -0.493 e.